The Morgan fingerprint density at radius 3 is 2.62 bits per heavy atom. The van der Waals surface area contributed by atoms with Crippen LogP contribution in [0, 0.1) is 22.7 Å². The van der Waals surface area contributed by atoms with Crippen LogP contribution in [0.2, 0.25) is 0 Å². The van der Waals surface area contributed by atoms with E-state index in [4.69, 9.17) is 0 Å². The second-order valence-electron chi connectivity index (χ2n) is 6.05. The summed E-state index contributed by atoms with van der Waals surface area (Å²) in [5.74, 6) is 1.57. The first-order valence-corrected chi connectivity index (χ1v) is 5.78. The van der Waals surface area contributed by atoms with Crippen LogP contribution in [0.1, 0.15) is 46.0 Å². The summed E-state index contributed by atoms with van der Waals surface area (Å²) in [7, 11) is 0. The van der Waals surface area contributed by atoms with E-state index in [9.17, 15) is 5.11 Å². The predicted octanol–water partition coefficient (Wildman–Crippen LogP) is 2.58. The van der Waals surface area contributed by atoms with Gasteiger partial charge < -0.3 is 5.11 Å². The van der Waals surface area contributed by atoms with E-state index in [1.807, 2.05) is 0 Å². The number of hydrogen-bond acceptors (Lipinski definition) is 1. The second kappa shape index (κ2) is 2.13. The molecule has 3 aliphatic rings. The molecule has 1 heteroatoms. The van der Waals surface area contributed by atoms with Crippen molar-refractivity contribution in [1.82, 2.24) is 0 Å². The van der Waals surface area contributed by atoms with E-state index in [0.29, 0.717) is 16.7 Å². The van der Waals surface area contributed by atoms with Crippen LogP contribution in [0.5, 0.6) is 0 Å². The van der Waals surface area contributed by atoms with Crippen molar-refractivity contribution in [3.05, 3.63) is 0 Å². The van der Waals surface area contributed by atoms with E-state index in [0.717, 1.165) is 12.3 Å². The Balaban J connectivity index is 1.97. The summed E-state index contributed by atoms with van der Waals surface area (Å²) in [6, 6.07) is 0. The number of aliphatic hydroxyl groups is 1. The summed E-state index contributed by atoms with van der Waals surface area (Å²) in [4.78, 5) is 0. The van der Waals surface area contributed by atoms with Crippen LogP contribution in [-0.2, 0) is 0 Å². The van der Waals surface area contributed by atoms with Crippen LogP contribution in [0.3, 0.4) is 0 Å². The average molecular weight is 180 g/mol. The Morgan fingerprint density at radius 1 is 1.15 bits per heavy atom. The highest BCUT2D eigenvalue weighted by Crippen LogP contribution is 2.79. The fourth-order valence-electron chi connectivity index (χ4n) is 4.81. The number of hydrogen-bond donors (Lipinski definition) is 1. The first-order valence-electron chi connectivity index (χ1n) is 5.78. The zero-order valence-electron chi connectivity index (χ0n) is 8.71. The van der Waals surface area contributed by atoms with Gasteiger partial charge in [0.05, 0.1) is 6.10 Å². The summed E-state index contributed by atoms with van der Waals surface area (Å²) in [5.41, 5.74) is 1.09. The summed E-state index contributed by atoms with van der Waals surface area (Å²) in [6.07, 6.45) is 6.59. The highest BCUT2D eigenvalue weighted by atomic mass is 16.3. The van der Waals surface area contributed by atoms with Gasteiger partial charge in [-0.15, -0.1) is 0 Å². The molecule has 0 aromatic heterocycles. The molecule has 0 aromatic carbocycles. The maximum absolute atomic E-state index is 9.90. The van der Waals surface area contributed by atoms with Gasteiger partial charge in [0.15, 0.2) is 0 Å². The van der Waals surface area contributed by atoms with E-state index >= 15 is 0 Å². The summed E-state index contributed by atoms with van der Waals surface area (Å²) in [5, 5.41) is 9.90. The fourth-order valence-corrected chi connectivity index (χ4v) is 4.81. The molecule has 3 aliphatic carbocycles. The molecule has 0 radical (unpaired) electrons. The Labute approximate surface area is 80.5 Å². The van der Waals surface area contributed by atoms with Crippen LogP contribution in [0.15, 0.2) is 0 Å². The van der Waals surface area contributed by atoms with Crippen molar-refractivity contribution in [1.29, 1.82) is 0 Å². The molecule has 74 valence electrons. The quantitative estimate of drug-likeness (QED) is 0.607. The average Bonchev–Trinajstić information content (AvgIpc) is 2.59. The molecule has 1 spiro atoms. The minimum atomic E-state index is 0.0439. The molecule has 0 saturated heterocycles. The maximum atomic E-state index is 9.90. The molecule has 13 heavy (non-hydrogen) atoms. The molecule has 0 amide bonds. The van der Waals surface area contributed by atoms with Gasteiger partial charge in [0.2, 0.25) is 0 Å². The smallest absolute Gasteiger partial charge is 0.0577 e. The molecule has 0 bridgehead atoms. The molecule has 0 aromatic rings. The van der Waals surface area contributed by atoms with Crippen molar-refractivity contribution in [2.24, 2.45) is 22.7 Å². The monoisotopic (exact) mass is 180 g/mol. The van der Waals surface area contributed by atoms with Gasteiger partial charge in [0, 0.05) is 0 Å². The Bertz CT molecular complexity index is 246. The van der Waals surface area contributed by atoms with Crippen LogP contribution < -0.4 is 0 Å². The van der Waals surface area contributed by atoms with E-state index < -0.39 is 0 Å². The lowest BCUT2D eigenvalue weighted by Gasteiger charge is -2.38. The normalized spacial score (nSPS) is 57.0. The lowest BCUT2D eigenvalue weighted by Crippen LogP contribution is -2.30. The molecule has 1 N–H and O–H groups in total. The molecular formula is C12H20O. The molecule has 3 saturated carbocycles. The summed E-state index contributed by atoms with van der Waals surface area (Å²) in [6.45, 7) is 4.86. The minimum Gasteiger partial charge on any atom is -0.393 e. The van der Waals surface area contributed by atoms with E-state index in [2.05, 4.69) is 13.8 Å². The summed E-state index contributed by atoms with van der Waals surface area (Å²) < 4.78 is 0. The molecule has 4 unspecified atom stereocenters. The molecular weight excluding hydrogens is 160 g/mol. The highest BCUT2D eigenvalue weighted by Gasteiger charge is 2.75. The minimum absolute atomic E-state index is 0.0439. The van der Waals surface area contributed by atoms with Crippen molar-refractivity contribution < 1.29 is 5.11 Å². The second-order valence-corrected chi connectivity index (χ2v) is 6.05. The topological polar surface area (TPSA) is 20.2 Å². The van der Waals surface area contributed by atoms with Crippen molar-refractivity contribution in [3.63, 3.8) is 0 Å². The van der Waals surface area contributed by atoms with Gasteiger partial charge in [-0.1, -0.05) is 20.3 Å². The van der Waals surface area contributed by atoms with Crippen molar-refractivity contribution in [3.8, 4) is 0 Å². The zero-order valence-corrected chi connectivity index (χ0v) is 8.71. The zero-order chi connectivity index (χ0) is 9.27. The Kier molecular flexibility index (Phi) is 1.36. The van der Waals surface area contributed by atoms with E-state index in [-0.39, 0.29) is 6.10 Å². The van der Waals surface area contributed by atoms with Gasteiger partial charge in [-0.25, -0.2) is 0 Å². The van der Waals surface area contributed by atoms with Gasteiger partial charge in [-0.05, 0) is 48.3 Å². The van der Waals surface area contributed by atoms with Gasteiger partial charge >= 0.3 is 0 Å². The number of fused-ring (bicyclic) bond motifs is 1. The van der Waals surface area contributed by atoms with Crippen LogP contribution in [0.4, 0.5) is 0 Å². The molecule has 4 atom stereocenters. The van der Waals surface area contributed by atoms with E-state index in [1.165, 1.54) is 25.7 Å². The van der Waals surface area contributed by atoms with Crippen LogP contribution in [-0.4, -0.2) is 11.2 Å². The molecule has 0 heterocycles. The first kappa shape index (κ1) is 8.28. The third kappa shape index (κ3) is 0.743. The van der Waals surface area contributed by atoms with Gasteiger partial charge in [-0.3, -0.25) is 0 Å². The number of aliphatic hydroxyl groups excluding tert-OH is 1. The third-order valence-electron chi connectivity index (χ3n) is 5.43. The standard InChI is InChI=1S/C12H20O/c1-11(2)6-3-4-8-10-9(13)5-7-12(8,10)11/h8-10,13H,3-7H2,1-2H3. The van der Waals surface area contributed by atoms with Crippen molar-refractivity contribution >= 4 is 0 Å². The fraction of sp³-hybridized carbons (Fsp3) is 1.00. The van der Waals surface area contributed by atoms with Crippen molar-refractivity contribution in [2.75, 3.05) is 0 Å². The van der Waals surface area contributed by atoms with Crippen molar-refractivity contribution in [2.45, 2.75) is 52.1 Å². The molecule has 3 rings (SSSR count). The van der Waals surface area contributed by atoms with Gasteiger partial charge in [-0.2, -0.15) is 0 Å². The number of rotatable bonds is 0. The van der Waals surface area contributed by atoms with Crippen LogP contribution in [0.25, 0.3) is 0 Å². The molecule has 1 nitrogen and oxygen atoms in total. The van der Waals surface area contributed by atoms with Gasteiger partial charge in [0.1, 0.15) is 0 Å². The van der Waals surface area contributed by atoms with Crippen LogP contribution >= 0.6 is 0 Å². The SMILES string of the molecule is CC1(C)CCCC2C3C(O)CCC231. The largest absolute Gasteiger partial charge is 0.393 e. The first-order chi connectivity index (χ1) is 6.09. The van der Waals surface area contributed by atoms with E-state index in [1.54, 1.807) is 0 Å². The lowest BCUT2D eigenvalue weighted by atomic mass is 9.66. The summed E-state index contributed by atoms with van der Waals surface area (Å²) >= 11 is 0. The lowest BCUT2D eigenvalue weighted by molar-refractivity contribution is 0.109. The molecule has 3 fully saturated rings. The highest BCUT2D eigenvalue weighted by molar-refractivity contribution is 5.23. The molecule has 0 aliphatic heterocycles. The third-order valence-corrected chi connectivity index (χ3v) is 5.43. The van der Waals surface area contributed by atoms with Gasteiger partial charge in [0.25, 0.3) is 0 Å². The Hall–Kier alpha value is -0.0400. The predicted molar refractivity (Wildman–Crippen MR) is 52.3 cm³/mol. The Morgan fingerprint density at radius 2 is 1.92 bits per heavy atom. The maximum Gasteiger partial charge on any atom is 0.0577 e.